The summed E-state index contributed by atoms with van der Waals surface area (Å²) >= 11 is 1.21. The molecule has 0 aliphatic rings. The molecular formula is C19H14F2N2O3S. The summed E-state index contributed by atoms with van der Waals surface area (Å²) in [6.07, 6.45) is -1.26. The number of hydrogen-bond donors (Lipinski definition) is 1. The molecule has 0 saturated heterocycles. The molecule has 0 aliphatic carbocycles. The minimum absolute atomic E-state index is 0.318. The number of esters is 1. The van der Waals surface area contributed by atoms with Crippen LogP contribution in [0.25, 0.3) is 11.3 Å². The summed E-state index contributed by atoms with van der Waals surface area (Å²) in [7, 11) is 0. The minimum Gasteiger partial charge on any atom is -0.449 e. The fourth-order valence-electron chi connectivity index (χ4n) is 2.25. The summed E-state index contributed by atoms with van der Waals surface area (Å²) in [5.74, 6) is -4.02. The lowest BCUT2D eigenvalue weighted by atomic mass is 10.2. The maximum atomic E-state index is 13.6. The topological polar surface area (TPSA) is 68.3 Å². The van der Waals surface area contributed by atoms with E-state index in [-0.39, 0.29) is 0 Å². The van der Waals surface area contributed by atoms with Crippen molar-refractivity contribution in [1.82, 2.24) is 4.98 Å². The fourth-order valence-corrected chi connectivity index (χ4v) is 2.97. The number of carbonyl (C=O) groups excluding carboxylic acids is 2. The van der Waals surface area contributed by atoms with Gasteiger partial charge in [0.15, 0.2) is 11.2 Å². The molecule has 1 N–H and O–H groups in total. The standard InChI is InChI=1S/C19H14F2N2O3S/c1-11(26-18(25)16-13(20)8-5-9-14(16)21)17(24)23-19-22-15(10-27-19)12-6-3-2-4-7-12/h2-11H,1H3,(H,22,23,24). The van der Waals surface area contributed by atoms with E-state index in [1.54, 1.807) is 5.38 Å². The summed E-state index contributed by atoms with van der Waals surface area (Å²) in [5.41, 5.74) is 0.746. The second kappa shape index (κ2) is 8.05. The van der Waals surface area contributed by atoms with E-state index in [2.05, 4.69) is 10.3 Å². The highest BCUT2D eigenvalue weighted by molar-refractivity contribution is 7.14. The number of nitrogens with one attached hydrogen (secondary N) is 1. The number of thiazole rings is 1. The van der Waals surface area contributed by atoms with Crippen molar-refractivity contribution in [2.45, 2.75) is 13.0 Å². The van der Waals surface area contributed by atoms with Crippen LogP contribution in [0.3, 0.4) is 0 Å². The van der Waals surface area contributed by atoms with Crippen molar-refractivity contribution < 1.29 is 23.1 Å². The molecule has 1 unspecified atom stereocenters. The number of rotatable bonds is 5. The van der Waals surface area contributed by atoms with Gasteiger partial charge < -0.3 is 4.74 Å². The zero-order valence-corrected chi connectivity index (χ0v) is 14.9. The van der Waals surface area contributed by atoms with Crippen LogP contribution < -0.4 is 5.32 Å². The van der Waals surface area contributed by atoms with Crippen molar-refractivity contribution in [2.24, 2.45) is 0 Å². The third-order valence-electron chi connectivity index (χ3n) is 3.62. The first-order valence-electron chi connectivity index (χ1n) is 7.92. The van der Waals surface area contributed by atoms with Gasteiger partial charge in [-0.3, -0.25) is 10.1 Å². The van der Waals surface area contributed by atoms with Gasteiger partial charge in [-0.2, -0.15) is 0 Å². The molecule has 8 heteroatoms. The van der Waals surface area contributed by atoms with E-state index < -0.39 is 35.2 Å². The van der Waals surface area contributed by atoms with Gasteiger partial charge in [-0.25, -0.2) is 18.6 Å². The molecular weight excluding hydrogens is 374 g/mol. The van der Waals surface area contributed by atoms with Gasteiger partial charge in [0.1, 0.15) is 17.2 Å². The Labute approximate surface area is 157 Å². The van der Waals surface area contributed by atoms with E-state index in [1.807, 2.05) is 30.3 Å². The third kappa shape index (κ3) is 4.35. The van der Waals surface area contributed by atoms with Crippen LogP contribution in [0.15, 0.2) is 53.9 Å². The average Bonchev–Trinajstić information content (AvgIpc) is 3.10. The predicted molar refractivity (Wildman–Crippen MR) is 97.4 cm³/mol. The number of hydrogen-bond acceptors (Lipinski definition) is 5. The van der Waals surface area contributed by atoms with Gasteiger partial charge in [-0.05, 0) is 19.1 Å². The Morgan fingerprint density at radius 3 is 2.41 bits per heavy atom. The van der Waals surface area contributed by atoms with E-state index in [1.165, 1.54) is 18.3 Å². The lowest BCUT2D eigenvalue weighted by Gasteiger charge is -2.13. The Kier molecular flexibility index (Phi) is 5.56. The van der Waals surface area contributed by atoms with Crippen molar-refractivity contribution in [3.05, 3.63) is 71.1 Å². The zero-order chi connectivity index (χ0) is 19.4. The summed E-state index contributed by atoms with van der Waals surface area (Å²) < 4.78 is 32.1. The highest BCUT2D eigenvalue weighted by Crippen LogP contribution is 2.24. The molecule has 0 spiro atoms. The average molecular weight is 388 g/mol. The number of anilines is 1. The Morgan fingerprint density at radius 1 is 1.07 bits per heavy atom. The number of nitrogens with zero attached hydrogens (tertiary/aromatic N) is 1. The van der Waals surface area contributed by atoms with Gasteiger partial charge in [0, 0.05) is 10.9 Å². The monoisotopic (exact) mass is 388 g/mol. The largest absolute Gasteiger partial charge is 0.449 e. The molecule has 2 aromatic carbocycles. The van der Waals surface area contributed by atoms with Crippen molar-refractivity contribution in [2.75, 3.05) is 5.32 Å². The van der Waals surface area contributed by atoms with Gasteiger partial charge in [-0.15, -0.1) is 11.3 Å². The summed E-state index contributed by atoms with van der Waals surface area (Å²) in [6.45, 7) is 1.30. The number of ether oxygens (including phenoxy) is 1. The number of benzene rings is 2. The first-order valence-corrected chi connectivity index (χ1v) is 8.80. The molecule has 0 aliphatic heterocycles. The number of halogens is 2. The van der Waals surface area contributed by atoms with Gasteiger partial charge >= 0.3 is 5.97 Å². The quantitative estimate of drug-likeness (QED) is 0.663. The Balaban J connectivity index is 1.64. The normalized spacial score (nSPS) is 11.7. The van der Waals surface area contributed by atoms with Crippen LogP contribution in [0, 0.1) is 11.6 Å². The Hall–Kier alpha value is -3.13. The molecule has 27 heavy (non-hydrogen) atoms. The number of aromatic nitrogens is 1. The van der Waals surface area contributed by atoms with Crippen LogP contribution in [0.4, 0.5) is 13.9 Å². The molecule has 3 rings (SSSR count). The fraction of sp³-hybridized carbons (Fsp3) is 0.105. The minimum atomic E-state index is -1.26. The first kappa shape index (κ1) is 18.7. The van der Waals surface area contributed by atoms with E-state index >= 15 is 0 Å². The van der Waals surface area contributed by atoms with Crippen molar-refractivity contribution in [1.29, 1.82) is 0 Å². The van der Waals surface area contributed by atoms with Crippen LogP contribution in [0.5, 0.6) is 0 Å². The Morgan fingerprint density at radius 2 is 1.74 bits per heavy atom. The molecule has 0 bridgehead atoms. The Bertz CT molecular complexity index is 956. The van der Waals surface area contributed by atoms with Gasteiger partial charge in [0.2, 0.25) is 0 Å². The smallest absolute Gasteiger partial charge is 0.344 e. The molecule has 0 radical (unpaired) electrons. The van der Waals surface area contributed by atoms with E-state index in [4.69, 9.17) is 4.74 Å². The number of amides is 1. The molecule has 1 amide bonds. The van der Waals surface area contributed by atoms with Gasteiger partial charge in [0.25, 0.3) is 5.91 Å². The zero-order valence-electron chi connectivity index (χ0n) is 14.1. The van der Waals surface area contributed by atoms with Gasteiger partial charge in [-0.1, -0.05) is 36.4 Å². The summed E-state index contributed by atoms with van der Waals surface area (Å²) in [6, 6.07) is 12.4. The van der Waals surface area contributed by atoms with Crippen molar-refractivity contribution >= 4 is 28.3 Å². The van der Waals surface area contributed by atoms with Crippen LogP contribution >= 0.6 is 11.3 Å². The maximum absolute atomic E-state index is 13.6. The summed E-state index contributed by atoms with van der Waals surface area (Å²) in [4.78, 5) is 28.4. The lowest BCUT2D eigenvalue weighted by molar-refractivity contribution is -0.123. The molecule has 3 aromatic rings. The highest BCUT2D eigenvalue weighted by Gasteiger charge is 2.24. The van der Waals surface area contributed by atoms with Gasteiger partial charge in [0.05, 0.1) is 5.69 Å². The second-order valence-corrected chi connectivity index (χ2v) is 6.40. The molecule has 138 valence electrons. The highest BCUT2D eigenvalue weighted by atomic mass is 32.1. The van der Waals surface area contributed by atoms with Crippen LogP contribution in [0.2, 0.25) is 0 Å². The molecule has 5 nitrogen and oxygen atoms in total. The van der Waals surface area contributed by atoms with Crippen LogP contribution in [0.1, 0.15) is 17.3 Å². The summed E-state index contributed by atoms with van der Waals surface area (Å²) in [5, 5.41) is 4.61. The second-order valence-electron chi connectivity index (χ2n) is 5.54. The third-order valence-corrected chi connectivity index (χ3v) is 4.38. The van der Waals surface area contributed by atoms with Crippen molar-refractivity contribution in [3.8, 4) is 11.3 Å². The molecule has 1 aromatic heterocycles. The maximum Gasteiger partial charge on any atom is 0.344 e. The van der Waals surface area contributed by atoms with Crippen LogP contribution in [-0.2, 0) is 9.53 Å². The molecule has 0 saturated carbocycles. The van der Waals surface area contributed by atoms with Crippen molar-refractivity contribution in [3.63, 3.8) is 0 Å². The first-order chi connectivity index (χ1) is 13.0. The predicted octanol–water partition coefficient (Wildman–Crippen LogP) is 4.27. The number of carbonyl (C=O) groups is 2. The van der Waals surface area contributed by atoms with Crippen LogP contribution in [-0.4, -0.2) is 23.0 Å². The SMILES string of the molecule is CC(OC(=O)c1c(F)cccc1F)C(=O)Nc1nc(-c2ccccc2)cs1. The molecule has 0 fully saturated rings. The van der Waals surface area contributed by atoms with E-state index in [0.717, 1.165) is 23.8 Å². The molecule has 1 atom stereocenters. The van der Waals surface area contributed by atoms with E-state index in [9.17, 15) is 18.4 Å². The molecule has 1 heterocycles. The van der Waals surface area contributed by atoms with E-state index in [0.29, 0.717) is 10.8 Å². The lowest BCUT2D eigenvalue weighted by Crippen LogP contribution is -2.30.